The van der Waals surface area contributed by atoms with Crippen LogP contribution in [0.25, 0.3) is 11.4 Å². The van der Waals surface area contributed by atoms with Crippen molar-refractivity contribution in [1.29, 1.82) is 0 Å². The molecule has 7 rings (SSSR count). The van der Waals surface area contributed by atoms with Crippen LogP contribution in [-0.2, 0) is 28.7 Å². The van der Waals surface area contributed by atoms with Gasteiger partial charge in [-0.15, -0.1) is 0 Å². The number of piperazine rings is 1. The van der Waals surface area contributed by atoms with Gasteiger partial charge in [-0.1, -0.05) is 45.0 Å². The second kappa shape index (κ2) is 12.2. The number of hydrogen-bond acceptors (Lipinski definition) is 10. The Morgan fingerprint density at radius 3 is 1.78 bits per heavy atom. The molecule has 0 N–H and O–H groups in total. The first kappa shape index (κ1) is 36.1. The van der Waals surface area contributed by atoms with Crippen LogP contribution in [0.5, 0.6) is 0 Å². The Morgan fingerprint density at radius 1 is 0.857 bits per heavy atom. The standard InChI is InChI=1S/C24H30N4O5S.C10H15ClO3S/c1-16-25-21(26-33-16)17-4-6-18(7-5-17)22(30)27-10-12-28(13-11-27)34(31,32)15-24-9-8-19(14-20(24)29)23(24,2)3;1-9(2)7-3-4-10(9,8(12)5-7)6-15(11,13)14/h4-7,19H,8-15H2,1-3H3;7H,3-6H2,1-2H3. The molecule has 4 unspecified atom stereocenters. The lowest BCUT2D eigenvalue weighted by atomic mass is 9.70. The molecule has 5 aliphatic rings. The van der Waals surface area contributed by atoms with Crippen LogP contribution in [0.2, 0.25) is 0 Å². The zero-order valence-electron chi connectivity index (χ0n) is 28.7. The number of Topliss-reactive ketones (excluding diaryl/α,β-unsaturated/α-hetero) is 2. The number of hydrogen-bond donors (Lipinski definition) is 0. The van der Waals surface area contributed by atoms with Crippen molar-refractivity contribution in [1.82, 2.24) is 19.3 Å². The SMILES string of the molecule is CC1(C)C2CCC1(CS(=O)(=O)Cl)C(=O)C2.Cc1nc(-c2ccc(C(=O)N3CCN(S(=O)(=O)CC45CCC(CC4=O)C5(C)C)CC3)cc2)no1. The van der Waals surface area contributed by atoms with Gasteiger partial charge < -0.3 is 9.42 Å². The van der Waals surface area contributed by atoms with Gasteiger partial charge in [0.2, 0.25) is 30.8 Å². The van der Waals surface area contributed by atoms with Crippen molar-refractivity contribution in [2.75, 3.05) is 37.7 Å². The Hall–Kier alpha value is -2.68. The molecule has 12 nitrogen and oxygen atoms in total. The number of halogens is 1. The molecule has 1 saturated heterocycles. The van der Waals surface area contributed by atoms with Crippen molar-refractivity contribution >= 4 is 47.2 Å². The Morgan fingerprint density at radius 2 is 1.37 bits per heavy atom. The van der Waals surface area contributed by atoms with Gasteiger partial charge in [-0.25, -0.2) is 16.8 Å². The molecule has 268 valence electrons. The maximum Gasteiger partial charge on any atom is 0.253 e. The van der Waals surface area contributed by atoms with Crippen LogP contribution in [0, 0.1) is 40.4 Å². The average Bonchev–Trinajstić information content (AvgIpc) is 3.73. The van der Waals surface area contributed by atoms with Crippen LogP contribution < -0.4 is 0 Å². The summed E-state index contributed by atoms with van der Waals surface area (Å²) in [5.41, 5.74) is -0.717. The summed E-state index contributed by atoms with van der Waals surface area (Å²) >= 11 is 0. The van der Waals surface area contributed by atoms with E-state index in [0.717, 1.165) is 18.4 Å². The van der Waals surface area contributed by atoms with E-state index in [9.17, 15) is 31.2 Å². The van der Waals surface area contributed by atoms with Gasteiger partial charge in [0.25, 0.3) is 5.91 Å². The molecule has 49 heavy (non-hydrogen) atoms. The Balaban J connectivity index is 0.000000232. The molecule has 4 atom stereocenters. The Labute approximate surface area is 292 Å². The molecule has 0 radical (unpaired) electrons. The van der Waals surface area contributed by atoms with Crippen LogP contribution in [0.4, 0.5) is 0 Å². The van der Waals surface area contributed by atoms with Crippen molar-refractivity contribution < 1.29 is 35.7 Å². The van der Waals surface area contributed by atoms with Crippen molar-refractivity contribution in [3.63, 3.8) is 0 Å². The van der Waals surface area contributed by atoms with Gasteiger partial charge in [-0.3, -0.25) is 14.4 Å². The molecule has 5 fully saturated rings. The zero-order valence-corrected chi connectivity index (χ0v) is 31.1. The van der Waals surface area contributed by atoms with Gasteiger partial charge >= 0.3 is 0 Å². The summed E-state index contributed by atoms with van der Waals surface area (Å²) in [4.78, 5) is 43.6. The van der Waals surface area contributed by atoms with Gasteiger partial charge in [0.1, 0.15) is 11.6 Å². The summed E-state index contributed by atoms with van der Waals surface area (Å²) in [5, 5.41) is 3.88. The van der Waals surface area contributed by atoms with Crippen LogP contribution in [-0.4, -0.2) is 91.3 Å². The van der Waals surface area contributed by atoms with E-state index in [1.807, 2.05) is 27.7 Å². The normalized spacial score (nSPS) is 30.4. The van der Waals surface area contributed by atoms with E-state index < -0.39 is 29.9 Å². The maximum atomic E-state index is 13.3. The van der Waals surface area contributed by atoms with Crippen molar-refractivity contribution in [3.05, 3.63) is 35.7 Å². The van der Waals surface area contributed by atoms with Crippen molar-refractivity contribution in [2.24, 2.45) is 33.5 Å². The molecule has 4 saturated carbocycles. The second-order valence-electron chi connectivity index (χ2n) is 15.7. The fourth-order valence-electron chi connectivity index (χ4n) is 9.44. The van der Waals surface area contributed by atoms with Crippen molar-refractivity contribution in [2.45, 2.75) is 73.1 Å². The van der Waals surface area contributed by atoms with Crippen LogP contribution in [0.15, 0.2) is 28.8 Å². The first-order chi connectivity index (χ1) is 22.7. The highest BCUT2D eigenvalue weighted by molar-refractivity contribution is 8.13. The van der Waals surface area contributed by atoms with Gasteiger partial charge in [-0.05, 0) is 60.5 Å². The number of benzene rings is 1. The number of ketones is 2. The van der Waals surface area contributed by atoms with E-state index >= 15 is 0 Å². The molecule has 4 aliphatic carbocycles. The number of carbonyl (C=O) groups excluding carboxylic acids is 3. The molecule has 0 spiro atoms. The zero-order chi connectivity index (χ0) is 35.8. The third-order valence-corrected chi connectivity index (χ3v) is 16.1. The number of amides is 1. The minimum atomic E-state index is -3.61. The van der Waals surface area contributed by atoms with E-state index in [1.165, 1.54) is 4.31 Å². The molecule has 15 heteroatoms. The van der Waals surface area contributed by atoms with Crippen LogP contribution in [0.3, 0.4) is 0 Å². The first-order valence-corrected chi connectivity index (χ1v) is 21.0. The average molecular weight is 737 g/mol. The predicted molar refractivity (Wildman–Crippen MR) is 182 cm³/mol. The highest BCUT2D eigenvalue weighted by atomic mass is 35.7. The maximum absolute atomic E-state index is 13.3. The number of carbonyl (C=O) groups is 3. The van der Waals surface area contributed by atoms with E-state index in [4.69, 9.17) is 15.2 Å². The topological polar surface area (TPSA) is 165 Å². The largest absolute Gasteiger partial charge is 0.339 e. The van der Waals surface area contributed by atoms with Crippen molar-refractivity contribution in [3.8, 4) is 11.4 Å². The summed E-state index contributed by atoms with van der Waals surface area (Å²) in [5.74, 6) is 1.29. The summed E-state index contributed by atoms with van der Waals surface area (Å²) < 4.78 is 55.5. The van der Waals surface area contributed by atoms with Gasteiger partial charge in [0.05, 0.1) is 11.5 Å². The molecule has 2 aromatic rings. The summed E-state index contributed by atoms with van der Waals surface area (Å²) in [6, 6.07) is 6.98. The summed E-state index contributed by atoms with van der Waals surface area (Å²) in [6.45, 7) is 10.9. The van der Waals surface area contributed by atoms with E-state index in [1.54, 1.807) is 36.1 Å². The summed E-state index contributed by atoms with van der Waals surface area (Å²) in [6.07, 6.45) is 4.22. The highest BCUT2D eigenvalue weighted by Crippen LogP contribution is 2.65. The fraction of sp³-hybridized carbons (Fsp3) is 0.676. The first-order valence-electron chi connectivity index (χ1n) is 16.9. The Kier molecular flexibility index (Phi) is 9.02. The monoisotopic (exact) mass is 736 g/mol. The number of rotatable bonds is 7. The molecule has 1 aromatic carbocycles. The molecular weight excluding hydrogens is 692 g/mol. The number of nitrogens with zero attached hydrogens (tertiary/aromatic N) is 4. The van der Waals surface area contributed by atoms with E-state index in [0.29, 0.717) is 62.0 Å². The van der Waals surface area contributed by atoms with E-state index in [2.05, 4.69) is 10.1 Å². The van der Waals surface area contributed by atoms with Gasteiger partial charge in [-0.2, -0.15) is 9.29 Å². The van der Waals surface area contributed by atoms with Crippen LogP contribution >= 0.6 is 10.7 Å². The molecule has 1 aromatic heterocycles. The molecule has 2 heterocycles. The lowest BCUT2D eigenvalue weighted by Crippen LogP contribution is -2.53. The minimum Gasteiger partial charge on any atom is -0.339 e. The smallest absolute Gasteiger partial charge is 0.253 e. The number of sulfonamides is 1. The van der Waals surface area contributed by atoms with Gasteiger partial charge in [0, 0.05) is 78.6 Å². The third kappa shape index (κ3) is 6.08. The van der Waals surface area contributed by atoms with Gasteiger partial charge in [0.15, 0.2) is 0 Å². The molecule has 1 aliphatic heterocycles. The Bertz CT molecular complexity index is 1880. The second-order valence-corrected chi connectivity index (χ2v) is 20.4. The lowest BCUT2D eigenvalue weighted by Gasteiger charge is -2.39. The third-order valence-electron chi connectivity index (χ3n) is 13.0. The minimum absolute atomic E-state index is 0.0907. The van der Waals surface area contributed by atoms with E-state index in [-0.39, 0.29) is 58.8 Å². The molecule has 4 bridgehead atoms. The highest BCUT2D eigenvalue weighted by Gasteiger charge is 2.66. The number of aryl methyl sites for hydroxylation is 1. The van der Waals surface area contributed by atoms with Crippen LogP contribution in [0.1, 0.15) is 82.5 Å². The quantitative estimate of drug-likeness (QED) is 0.370. The molecule has 1 amide bonds. The fourth-order valence-corrected chi connectivity index (χ4v) is 13.5. The predicted octanol–water partition coefficient (Wildman–Crippen LogP) is 4.48. The lowest BCUT2D eigenvalue weighted by molar-refractivity contribution is -0.128. The number of aromatic nitrogens is 2. The summed E-state index contributed by atoms with van der Waals surface area (Å²) in [7, 11) is -1.90. The number of fused-ring (bicyclic) bond motifs is 4. The molecular formula is C34H45ClN4O8S2.